The summed E-state index contributed by atoms with van der Waals surface area (Å²) in [6.07, 6.45) is 6.31. The minimum absolute atomic E-state index is 0.218. The Morgan fingerprint density at radius 3 is 2.32 bits per heavy atom. The summed E-state index contributed by atoms with van der Waals surface area (Å²) in [5.74, 6) is 4.69. The Balaban J connectivity index is 1.19. The number of nitrogens with zero attached hydrogens (tertiary/aromatic N) is 1. The van der Waals surface area contributed by atoms with Gasteiger partial charge in [-0.2, -0.15) is 0 Å². The first-order valence-electron chi connectivity index (χ1n) is 11.9. The Morgan fingerprint density at radius 2 is 1.65 bits per heavy atom. The van der Waals surface area contributed by atoms with Crippen LogP contribution in [0, 0.1) is 17.7 Å². The van der Waals surface area contributed by atoms with Gasteiger partial charge in [0, 0.05) is 19.6 Å². The fourth-order valence-electron chi connectivity index (χ4n) is 5.72. The summed E-state index contributed by atoms with van der Waals surface area (Å²) in [5, 5.41) is 0. The van der Waals surface area contributed by atoms with Crippen molar-refractivity contribution in [2.75, 3.05) is 26.7 Å². The number of piperidine rings is 1. The Labute approximate surface area is 185 Å². The third-order valence-corrected chi connectivity index (χ3v) is 7.74. The van der Waals surface area contributed by atoms with Crippen LogP contribution in [-0.2, 0) is 0 Å². The monoisotopic (exact) mass is 423 g/mol. The van der Waals surface area contributed by atoms with Gasteiger partial charge in [-0.05, 0) is 103 Å². The zero-order valence-corrected chi connectivity index (χ0v) is 18.7. The van der Waals surface area contributed by atoms with Gasteiger partial charge in [0.2, 0.25) is 0 Å². The van der Waals surface area contributed by atoms with E-state index in [1.54, 1.807) is 24.8 Å². The molecule has 0 bridgehead atoms. The third kappa shape index (κ3) is 4.74. The van der Waals surface area contributed by atoms with Crippen molar-refractivity contribution in [3.05, 3.63) is 59.4 Å². The molecule has 4 atom stereocenters. The van der Waals surface area contributed by atoms with Crippen molar-refractivity contribution in [1.29, 1.82) is 0 Å². The number of hydrogen-bond acceptors (Lipinski definition) is 3. The average Bonchev–Trinajstić information content (AvgIpc) is 3.38. The minimum atomic E-state index is -0.218. The van der Waals surface area contributed by atoms with Crippen molar-refractivity contribution >= 4 is 0 Å². The first kappa shape index (κ1) is 20.8. The number of halogens is 1. The quantitative estimate of drug-likeness (QED) is 0.546. The Kier molecular flexibility index (Phi) is 5.92. The number of likely N-dealkylation sites (tertiary alicyclic amines) is 1. The molecule has 1 saturated carbocycles. The van der Waals surface area contributed by atoms with E-state index in [4.69, 9.17) is 9.47 Å². The van der Waals surface area contributed by atoms with Crippen LogP contribution in [0.4, 0.5) is 4.39 Å². The number of methoxy groups -OCH3 is 1. The number of fused-ring (bicyclic) bond motifs is 1. The van der Waals surface area contributed by atoms with Crippen LogP contribution in [0.5, 0.6) is 11.5 Å². The summed E-state index contributed by atoms with van der Waals surface area (Å²) in [7, 11) is 1.76. The van der Waals surface area contributed by atoms with Gasteiger partial charge in [-0.15, -0.1) is 0 Å². The molecule has 166 valence electrons. The molecular formula is C27H34FNO2. The Morgan fingerprint density at radius 1 is 0.935 bits per heavy atom. The lowest BCUT2D eigenvalue weighted by Gasteiger charge is -2.34. The van der Waals surface area contributed by atoms with Crippen molar-refractivity contribution in [2.24, 2.45) is 11.8 Å². The van der Waals surface area contributed by atoms with Crippen LogP contribution in [0.25, 0.3) is 0 Å². The molecule has 4 heteroatoms. The SMILES string of the molecule is COc1ccc2c(c1)C(CN1CCC(Oc3ccc(F)cc3)CC1)CC2CC1CC1C. The summed E-state index contributed by atoms with van der Waals surface area (Å²) in [5.41, 5.74) is 3.08. The molecule has 2 fully saturated rings. The summed E-state index contributed by atoms with van der Waals surface area (Å²) in [6.45, 7) is 5.64. The summed E-state index contributed by atoms with van der Waals surface area (Å²) in [4.78, 5) is 2.61. The molecule has 31 heavy (non-hydrogen) atoms. The molecule has 3 nitrogen and oxygen atoms in total. The molecule has 1 saturated heterocycles. The topological polar surface area (TPSA) is 21.7 Å². The Hall–Kier alpha value is -2.07. The van der Waals surface area contributed by atoms with Gasteiger partial charge in [-0.3, -0.25) is 0 Å². The lowest BCUT2D eigenvalue weighted by Crippen LogP contribution is -2.40. The molecule has 1 aliphatic heterocycles. The molecule has 2 aromatic carbocycles. The van der Waals surface area contributed by atoms with Crippen LogP contribution < -0.4 is 9.47 Å². The van der Waals surface area contributed by atoms with E-state index in [-0.39, 0.29) is 11.9 Å². The zero-order chi connectivity index (χ0) is 21.4. The third-order valence-electron chi connectivity index (χ3n) is 7.74. The summed E-state index contributed by atoms with van der Waals surface area (Å²) >= 11 is 0. The molecule has 4 unspecified atom stereocenters. The highest BCUT2D eigenvalue weighted by Crippen LogP contribution is 2.52. The van der Waals surface area contributed by atoms with Gasteiger partial charge in [0.1, 0.15) is 23.4 Å². The van der Waals surface area contributed by atoms with Gasteiger partial charge in [-0.25, -0.2) is 4.39 Å². The highest BCUT2D eigenvalue weighted by atomic mass is 19.1. The van der Waals surface area contributed by atoms with Crippen LogP contribution >= 0.6 is 0 Å². The smallest absolute Gasteiger partial charge is 0.123 e. The van der Waals surface area contributed by atoms with Crippen LogP contribution in [-0.4, -0.2) is 37.7 Å². The van der Waals surface area contributed by atoms with E-state index in [1.807, 2.05) is 0 Å². The number of ether oxygens (including phenoxy) is 2. The molecule has 3 aliphatic rings. The fourth-order valence-corrected chi connectivity index (χ4v) is 5.72. The van der Waals surface area contributed by atoms with Gasteiger partial charge in [0.05, 0.1) is 7.11 Å². The molecule has 0 amide bonds. The molecule has 0 N–H and O–H groups in total. The maximum absolute atomic E-state index is 13.1. The van der Waals surface area contributed by atoms with E-state index in [1.165, 1.54) is 37.0 Å². The molecule has 0 aromatic heterocycles. The van der Waals surface area contributed by atoms with Crippen molar-refractivity contribution in [1.82, 2.24) is 4.90 Å². The maximum Gasteiger partial charge on any atom is 0.123 e. The van der Waals surface area contributed by atoms with Gasteiger partial charge < -0.3 is 14.4 Å². The molecule has 1 heterocycles. The Bertz CT molecular complexity index is 891. The van der Waals surface area contributed by atoms with E-state index in [0.29, 0.717) is 11.8 Å². The van der Waals surface area contributed by atoms with Gasteiger partial charge in [-0.1, -0.05) is 13.0 Å². The zero-order valence-electron chi connectivity index (χ0n) is 18.7. The maximum atomic E-state index is 13.1. The molecule has 0 spiro atoms. The second-order valence-corrected chi connectivity index (χ2v) is 9.90. The van der Waals surface area contributed by atoms with E-state index in [0.717, 1.165) is 55.8 Å². The predicted molar refractivity (Wildman–Crippen MR) is 121 cm³/mol. The summed E-state index contributed by atoms with van der Waals surface area (Å²) < 4.78 is 24.7. The standard InChI is InChI=1S/C27H34FNO2/c1-18-13-19(18)14-20-15-21(27-16-25(30-2)7-8-26(20)27)17-29-11-9-24(10-12-29)31-23-5-3-22(28)4-6-23/h3-8,16,18-21,24H,9-15,17H2,1-2H3. The van der Waals surface area contributed by atoms with Crippen LogP contribution in [0.1, 0.15) is 62.0 Å². The highest BCUT2D eigenvalue weighted by molar-refractivity contribution is 5.44. The average molecular weight is 424 g/mol. The lowest BCUT2D eigenvalue weighted by molar-refractivity contribution is 0.0965. The molecule has 2 aliphatic carbocycles. The van der Waals surface area contributed by atoms with Crippen LogP contribution in [0.3, 0.4) is 0 Å². The van der Waals surface area contributed by atoms with E-state index in [2.05, 4.69) is 30.0 Å². The predicted octanol–water partition coefficient (Wildman–Crippen LogP) is 5.99. The second-order valence-electron chi connectivity index (χ2n) is 9.90. The minimum Gasteiger partial charge on any atom is -0.497 e. The van der Waals surface area contributed by atoms with Crippen LogP contribution in [0.2, 0.25) is 0 Å². The molecule has 0 radical (unpaired) electrons. The number of benzene rings is 2. The van der Waals surface area contributed by atoms with Gasteiger partial charge in [0.15, 0.2) is 0 Å². The van der Waals surface area contributed by atoms with Gasteiger partial charge >= 0.3 is 0 Å². The number of hydrogen-bond donors (Lipinski definition) is 0. The molecule has 5 rings (SSSR count). The second kappa shape index (κ2) is 8.82. The van der Waals surface area contributed by atoms with E-state index >= 15 is 0 Å². The van der Waals surface area contributed by atoms with E-state index < -0.39 is 0 Å². The highest BCUT2D eigenvalue weighted by Gasteiger charge is 2.39. The normalized spacial score (nSPS) is 28.4. The number of rotatable bonds is 7. The van der Waals surface area contributed by atoms with Crippen molar-refractivity contribution in [3.63, 3.8) is 0 Å². The van der Waals surface area contributed by atoms with Crippen molar-refractivity contribution in [3.8, 4) is 11.5 Å². The van der Waals surface area contributed by atoms with E-state index in [9.17, 15) is 4.39 Å². The first-order chi connectivity index (χ1) is 15.1. The summed E-state index contributed by atoms with van der Waals surface area (Å²) in [6, 6.07) is 13.2. The lowest BCUT2D eigenvalue weighted by atomic mass is 9.94. The fraction of sp³-hybridized carbons (Fsp3) is 0.556. The largest absolute Gasteiger partial charge is 0.497 e. The van der Waals surface area contributed by atoms with Crippen LogP contribution in [0.15, 0.2) is 42.5 Å². The van der Waals surface area contributed by atoms with Crippen molar-refractivity contribution < 1.29 is 13.9 Å². The molecular weight excluding hydrogens is 389 g/mol. The molecule has 2 aromatic rings. The van der Waals surface area contributed by atoms with Crippen molar-refractivity contribution in [2.45, 2.75) is 57.0 Å². The van der Waals surface area contributed by atoms with Gasteiger partial charge in [0.25, 0.3) is 0 Å². The first-order valence-corrected chi connectivity index (χ1v) is 11.9.